The number of anilines is 1. The zero-order valence-corrected chi connectivity index (χ0v) is 15.1. The monoisotopic (exact) mass is 349 g/mol. The van der Waals surface area contributed by atoms with E-state index in [0.717, 1.165) is 25.1 Å². The second-order valence-electron chi connectivity index (χ2n) is 8.00. The maximum atomic E-state index is 14.4. The summed E-state index contributed by atoms with van der Waals surface area (Å²) < 4.78 is 14.4. The highest BCUT2D eigenvalue weighted by Crippen LogP contribution is 2.28. The van der Waals surface area contributed by atoms with E-state index in [4.69, 9.17) is 0 Å². The van der Waals surface area contributed by atoms with Crippen molar-refractivity contribution in [2.45, 2.75) is 45.8 Å². The van der Waals surface area contributed by atoms with Crippen LogP contribution in [0.15, 0.2) is 18.2 Å². The minimum Gasteiger partial charge on any atom is -0.393 e. The summed E-state index contributed by atoms with van der Waals surface area (Å²) in [6.07, 6.45) is 2.07. The van der Waals surface area contributed by atoms with E-state index >= 15 is 0 Å². The summed E-state index contributed by atoms with van der Waals surface area (Å²) >= 11 is 0. The van der Waals surface area contributed by atoms with Crippen LogP contribution in [0.2, 0.25) is 0 Å². The first-order valence-electron chi connectivity index (χ1n) is 9.08. The van der Waals surface area contributed by atoms with Gasteiger partial charge in [0.2, 0.25) is 0 Å². The Morgan fingerprint density at radius 2 is 2.04 bits per heavy atom. The standard InChI is InChI=1S/C19H28FN3O2/c1-19(2)7-10-23(13-19)18(25)21-12-14-3-4-17(16(20)11-14)22-8-5-15(24)6-9-22/h3-4,11,15,24H,5-10,12-13H2,1-2H3,(H,21,25). The summed E-state index contributed by atoms with van der Waals surface area (Å²) in [6, 6.07) is 5.04. The number of halogens is 1. The Balaban J connectivity index is 1.55. The second-order valence-corrected chi connectivity index (χ2v) is 8.00. The largest absolute Gasteiger partial charge is 0.393 e. The Bertz CT molecular complexity index is 627. The fourth-order valence-electron chi connectivity index (χ4n) is 3.60. The maximum Gasteiger partial charge on any atom is 0.317 e. The molecule has 2 fully saturated rings. The average molecular weight is 349 g/mol. The number of hydrogen-bond donors (Lipinski definition) is 2. The number of nitrogens with one attached hydrogen (secondary N) is 1. The van der Waals surface area contributed by atoms with Gasteiger partial charge in [0.05, 0.1) is 11.8 Å². The van der Waals surface area contributed by atoms with Gasteiger partial charge < -0.3 is 20.2 Å². The zero-order chi connectivity index (χ0) is 18.0. The lowest BCUT2D eigenvalue weighted by atomic mass is 9.93. The molecule has 6 heteroatoms. The van der Waals surface area contributed by atoms with Crippen molar-refractivity contribution >= 4 is 11.7 Å². The zero-order valence-electron chi connectivity index (χ0n) is 15.1. The first-order chi connectivity index (χ1) is 11.8. The fourth-order valence-corrected chi connectivity index (χ4v) is 3.60. The number of urea groups is 1. The van der Waals surface area contributed by atoms with Crippen molar-refractivity contribution in [3.8, 4) is 0 Å². The molecule has 0 bridgehead atoms. The number of aliphatic hydroxyl groups excluding tert-OH is 1. The lowest BCUT2D eigenvalue weighted by Gasteiger charge is -2.31. The summed E-state index contributed by atoms with van der Waals surface area (Å²) in [5.74, 6) is -0.273. The molecule has 138 valence electrons. The van der Waals surface area contributed by atoms with Gasteiger partial charge in [-0.15, -0.1) is 0 Å². The first kappa shape index (κ1) is 18.0. The number of benzene rings is 1. The van der Waals surface area contributed by atoms with Gasteiger partial charge in [-0.2, -0.15) is 0 Å². The summed E-state index contributed by atoms with van der Waals surface area (Å²) in [6.45, 7) is 7.51. The third-order valence-electron chi connectivity index (χ3n) is 5.23. The van der Waals surface area contributed by atoms with Crippen molar-refractivity contribution < 1.29 is 14.3 Å². The molecule has 0 atom stereocenters. The third kappa shape index (κ3) is 4.42. The Hall–Kier alpha value is -1.82. The van der Waals surface area contributed by atoms with Crippen molar-refractivity contribution in [1.29, 1.82) is 0 Å². The Labute approximate surface area is 148 Å². The van der Waals surface area contributed by atoms with Crippen LogP contribution >= 0.6 is 0 Å². The average Bonchev–Trinajstić information content (AvgIpc) is 2.94. The Morgan fingerprint density at radius 3 is 2.64 bits per heavy atom. The highest BCUT2D eigenvalue weighted by molar-refractivity contribution is 5.74. The Kier molecular flexibility index (Phi) is 5.18. The van der Waals surface area contributed by atoms with Crippen molar-refractivity contribution in [3.05, 3.63) is 29.6 Å². The molecule has 2 aliphatic heterocycles. The SMILES string of the molecule is CC1(C)CCN(C(=O)NCc2ccc(N3CCC(O)CC3)c(F)c2)C1. The van der Waals surface area contributed by atoms with E-state index in [1.807, 2.05) is 15.9 Å². The van der Waals surface area contributed by atoms with Crippen LogP contribution in [-0.2, 0) is 6.54 Å². The van der Waals surface area contributed by atoms with Crippen LogP contribution in [0.5, 0.6) is 0 Å². The number of hydrogen-bond acceptors (Lipinski definition) is 3. The third-order valence-corrected chi connectivity index (χ3v) is 5.23. The number of amides is 2. The summed E-state index contributed by atoms with van der Waals surface area (Å²) in [5.41, 5.74) is 1.50. The highest BCUT2D eigenvalue weighted by Gasteiger charge is 2.31. The predicted octanol–water partition coefficient (Wildman–Crippen LogP) is 2.73. The van der Waals surface area contributed by atoms with E-state index in [1.54, 1.807) is 6.07 Å². The highest BCUT2D eigenvalue weighted by atomic mass is 19.1. The van der Waals surface area contributed by atoms with E-state index in [2.05, 4.69) is 19.2 Å². The van der Waals surface area contributed by atoms with Gasteiger partial charge in [-0.1, -0.05) is 19.9 Å². The maximum absolute atomic E-state index is 14.4. The predicted molar refractivity (Wildman–Crippen MR) is 96.1 cm³/mol. The molecule has 2 aliphatic rings. The van der Waals surface area contributed by atoms with Crippen molar-refractivity contribution in [2.75, 3.05) is 31.1 Å². The van der Waals surface area contributed by atoms with E-state index in [-0.39, 0.29) is 23.4 Å². The van der Waals surface area contributed by atoms with Crippen LogP contribution in [0.4, 0.5) is 14.9 Å². The van der Waals surface area contributed by atoms with Crippen molar-refractivity contribution in [2.24, 2.45) is 5.41 Å². The number of likely N-dealkylation sites (tertiary alicyclic amines) is 1. The molecule has 2 N–H and O–H groups in total. The molecule has 25 heavy (non-hydrogen) atoms. The molecule has 0 saturated carbocycles. The van der Waals surface area contributed by atoms with Crippen LogP contribution in [-0.4, -0.2) is 48.3 Å². The van der Waals surface area contributed by atoms with Crippen LogP contribution in [0, 0.1) is 11.2 Å². The van der Waals surface area contributed by atoms with E-state index in [1.165, 1.54) is 6.07 Å². The van der Waals surface area contributed by atoms with E-state index in [0.29, 0.717) is 38.2 Å². The summed E-state index contributed by atoms with van der Waals surface area (Å²) in [7, 11) is 0. The minimum absolute atomic E-state index is 0.0833. The number of piperidine rings is 1. The van der Waals surface area contributed by atoms with Crippen LogP contribution in [0.25, 0.3) is 0 Å². The van der Waals surface area contributed by atoms with Crippen LogP contribution < -0.4 is 10.2 Å². The normalized spacial score (nSPS) is 20.8. The molecule has 0 radical (unpaired) electrons. The first-order valence-corrected chi connectivity index (χ1v) is 9.08. The molecule has 0 unspecified atom stereocenters. The second kappa shape index (κ2) is 7.20. The van der Waals surface area contributed by atoms with Crippen molar-refractivity contribution in [3.63, 3.8) is 0 Å². The molecule has 1 aromatic carbocycles. The fraction of sp³-hybridized carbons (Fsp3) is 0.632. The lowest BCUT2D eigenvalue weighted by Crippen LogP contribution is -2.39. The van der Waals surface area contributed by atoms with E-state index in [9.17, 15) is 14.3 Å². The van der Waals surface area contributed by atoms with Gasteiger partial charge in [0.15, 0.2) is 0 Å². The molecular formula is C19H28FN3O2. The molecule has 0 aromatic heterocycles. The van der Waals surface area contributed by atoms with Gasteiger partial charge in [0, 0.05) is 32.7 Å². The summed E-state index contributed by atoms with van der Waals surface area (Å²) in [5, 5.41) is 12.5. The molecule has 2 amide bonds. The van der Waals surface area contributed by atoms with Gasteiger partial charge in [-0.05, 0) is 42.4 Å². The van der Waals surface area contributed by atoms with Gasteiger partial charge in [0.1, 0.15) is 5.82 Å². The van der Waals surface area contributed by atoms with Gasteiger partial charge in [-0.25, -0.2) is 9.18 Å². The van der Waals surface area contributed by atoms with Crippen LogP contribution in [0.1, 0.15) is 38.7 Å². The lowest BCUT2D eigenvalue weighted by molar-refractivity contribution is 0.145. The molecule has 2 saturated heterocycles. The molecule has 0 spiro atoms. The van der Waals surface area contributed by atoms with Crippen molar-refractivity contribution in [1.82, 2.24) is 10.2 Å². The number of aliphatic hydroxyl groups is 1. The van der Waals surface area contributed by atoms with Crippen LogP contribution in [0.3, 0.4) is 0 Å². The van der Waals surface area contributed by atoms with Gasteiger partial charge in [-0.3, -0.25) is 0 Å². The Morgan fingerprint density at radius 1 is 1.32 bits per heavy atom. The molecule has 2 heterocycles. The quantitative estimate of drug-likeness (QED) is 0.882. The topological polar surface area (TPSA) is 55.8 Å². The number of nitrogens with zero attached hydrogens (tertiary/aromatic N) is 2. The number of carbonyl (C=O) groups excluding carboxylic acids is 1. The smallest absolute Gasteiger partial charge is 0.317 e. The number of carbonyl (C=O) groups is 1. The van der Waals surface area contributed by atoms with Gasteiger partial charge in [0.25, 0.3) is 0 Å². The molecule has 0 aliphatic carbocycles. The van der Waals surface area contributed by atoms with E-state index < -0.39 is 0 Å². The number of rotatable bonds is 3. The molecule has 3 rings (SSSR count). The molecule has 1 aromatic rings. The summed E-state index contributed by atoms with van der Waals surface area (Å²) in [4.78, 5) is 16.0. The molecule has 5 nitrogen and oxygen atoms in total. The minimum atomic E-state index is -0.274. The molecular weight excluding hydrogens is 321 g/mol. The van der Waals surface area contributed by atoms with Gasteiger partial charge >= 0.3 is 6.03 Å².